The molecule has 2 aliphatic carbocycles. The van der Waals surface area contributed by atoms with Crippen LogP contribution in [0, 0.1) is 11.6 Å². The van der Waals surface area contributed by atoms with Gasteiger partial charge in [-0.05, 0) is 61.8 Å². The van der Waals surface area contributed by atoms with Crippen LogP contribution in [0.4, 0.5) is 19.0 Å². The number of benzene rings is 1. The minimum absolute atomic E-state index is 0.0539. The molecule has 5 nitrogen and oxygen atoms in total. The van der Waals surface area contributed by atoms with Gasteiger partial charge in [-0.25, -0.2) is 13.2 Å². The summed E-state index contributed by atoms with van der Waals surface area (Å²) in [5, 5.41) is 10.9. The number of alkyl halides is 1. The van der Waals surface area contributed by atoms with E-state index in [4.69, 9.17) is 9.47 Å². The molecular formula is C24H32F3N3O2. The van der Waals surface area contributed by atoms with Crippen molar-refractivity contribution in [3.8, 4) is 11.3 Å². The van der Waals surface area contributed by atoms with Gasteiger partial charge in [0.2, 0.25) is 0 Å². The maximum absolute atomic E-state index is 14.6. The first-order chi connectivity index (χ1) is 15.5. The van der Waals surface area contributed by atoms with E-state index in [9.17, 15) is 13.2 Å². The molecule has 1 N–H and O–H groups in total. The van der Waals surface area contributed by atoms with Crippen LogP contribution in [0.1, 0.15) is 62.6 Å². The Morgan fingerprint density at radius 2 is 1.75 bits per heavy atom. The lowest BCUT2D eigenvalue weighted by atomic mass is 9.95. The van der Waals surface area contributed by atoms with Crippen LogP contribution in [0.25, 0.3) is 11.3 Å². The Hall–Kier alpha value is -2.19. The Morgan fingerprint density at radius 1 is 1.09 bits per heavy atom. The number of hydrogen-bond acceptors (Lipinski definition) is 5. The van der Waals surface area contributed by atoms with Crippen molar-refractivity contribution in [2.75, 3.05) is 26.1 Å². The first kappa shape index (κ1) is 24.5. The van der Waals surface area contributed by atoms with Crippen molar-refractivity contribution in [3.63, 3.8) is 0 Å². The van der Waals surface area contributed by atoms with E-state index in [-0.39, 0.29) is 16.8 Å². The normalized spacial score (nSPS) is 18.2. The van der Waals surface area contributed by atoms with E-state index in [0.717, 1.165) is 17.7 Å². The minimum Gasteiger partial charge on any atom is -0.381 e. The van der Waals surface area contributed by atoms with Gasteiger partial charge < -0.3 is 14.8 Å². The second-order valence-electron chi connectivity index (χ2n) is 7.98. The van der Waals surface area contributed by atoms with Crippen molar-refractivity contribution in [1.29, 1.82) is 0 Å². The Bertz CT molecular complexity index is 905. The molecule has 2 heterocycles. The Labute approximate surface area is 187 Å². The van der Waals surface area contributed by atoms with Gasteiger partial charge >= 0.3 is 0 Å². The summed E-state index contributed by atoms with van der Waals surface area (Å²) in [6.07, 6.45) is 5.65. The third-order valence-corrected chi connectivity index (χ3v) is 6.04. The minimum atomic E-state index is -1.59. The second-order valence-corrected chi connectivity index (χ2v) is 7.98. The molecule has 3 aliphatic rings. The molecule has 0 amide bonds. The fourth-order valence-electron chi connectivity index (χ4n) is 3.74. The molecule has 8 heteroatoms. The molecular weight excluding hydrogens is 419 g/mol. The molecule has 0 bridgehead atoms. The van der Waals surface area contributed by atoms with E-state index in [1.54, 1.807) is 14.2 Å². The molecule has 1 aromatic carbocycles. The van der Waals surface area contributed by atoms with Crippen molar-refractivity contribution in [2.24, 2.45) is 0 Å². The van der Waals surface area contributed by atoms with Crippen LogP contribution >= 0.6 is 0 Å². The highest BCUT2D eigenvalue weighted by Crippen LogP contribution is 2.50. The van der Waals surface area contributed by atoms with Crippen molar-refractivity contribution in [3.05, 3.63) is 40.5 Å². The molecule has 0 saturated heterocycles. The van der Waals surface area contributed by atoms with E-state index < -0.39 is 17.3 Å². The van der Waals surface area contributed by atoms with Gasteiger partial charge in [0.15, 0.2) is 5.82 Å². The van der Waals surface area contributed by atoms with Gasteiger partial charge in [0.25, 0.3) is 0 Å². The summed E-state index contributed by atoms with van der Waals surface area (Å²) < 4.78 is 53.7. The van der Waals surface area contributed by atoms with Gasteiger partial charge in [0.05, 0.1) is 24.9 Å². The van der Waals surface area contributed by atoms with Crippen LogP contribution in [-0.4, -0.2) is 37.1 Å². The average Bonchev–Trinajstić information content (AvgIpc) is 3.53. The smallest absolute Gasteiger partial charge is 0.154 e. The number of aromatic nitrogens is 2. The fourth-order valence-corrected chi connectivity index (χ4v) is 3.74. The Balaban J connectivity index is 0.000000309. The van der Waals surface area contributed by atoms with Crippen LogP contribution in [0.2, 0.25) is 0 Å². The number of rotatable bonds is 4. The highest BCUT2D eigenvalue weighted by atomic mass is 19.1. The van der Waals surface area contributed by atoms with Crippen LogP contribution in [0.15, 0.2) is 12.1 Å². The van der Waals surface area contributed by atoms with Gasteiger partial charge in [-0.2, -0.15) is 0 Å². The number of fused-ring (bicyclic) bond motifs is 1. The molecule has 2 saturated carbocycles. The van der Waals surface area contributed by atoms with Crippen LogP contribution in [0.3, 0.4) is 0 Å². The molecule has 176 valence electrons. The number of halogens is 3. The lowest BCUT2D eigenvalue weighted by Gasteiger charge is -2.22. The zero-order chi connectivity index (χ0) is 23.3. The van der Waals surface area contributed by atoms with E-state index in [0.29, 0.717) is 50.0 Å². The molecule has 2 fully saturated rings. The summed E-state index contributed by atoms with van der Waals surface area (Å²) in [6.45, 7) is 4.76. The standard InChI is InChI=1S/C17H16F3N3O.C5H10O.C2H6/c1-21-16-11-8-24-5-2-10(11)15(22-23-16)14-12(18)6-9(7-13(14)19)17(20)3-4-17;1-6-5-3-2-4-5;1-2/h6-7H,2-5,8H2,1H3,(H,21,23);5H,2-4H2,1H3;1-2H3. The van der Waals surface area contributed by atoms with Crippen LogP contribution in [0.5, 0.6) is 0 Å². The van der Waals surface area contributed by atoms with Gasteiger partial charge in [-0.1, -0.05) is 13.8 Å². The third kappa shape index (κ3) is 5.07. The molecule has 5 rings (SSSR count). The average molecular weight is 452 g/mol. The summed E-state index contributed by atoms with van der Waals surface area (Å²) in [7, 11) is 3.48. The predicted molar refractivity (Wildman–Crippen MR) is 118 cm³/mol. The Kier molecular flexibility index (Phi) is 8.11. The molecule has 1 aliphatic heterocycles. The fraction of sp³-hybridized carbons (Fsp3) is 0.583. The first-order valence-electron chi connectivity index (χ1n) is 11.3. The van der Waals surface area contributed by atoms with Crippen LogP contribution in [-0.2, 0) is 28.2 Å². The topological polar surface area (TPSA) is 56.3 Å². The summed E-state index contributed by atoms with van der Waals surface area (Å²) in [5.41, 5.74) is -0.157. The summed E-state index contributed by atoms with van der Waals surface area (Å²) in [4.78, 5) is 0. The molecule has 0 unspecified atom stereocenters. The van der Waals surface area contributed by atoms with Crippen molar-refractivity contribution in [1.82, 2.24) is 10.2 Å². The summed E-state index contributed by atoms with van der Waals surface area (Å²) in [6, 6.07) is 2.15. The molecule has 0 radical (unpaired) electrons. The summed E-state index contributed by atoms with van der Waals surface area (Å²) >= 11 is 0. The van der Waals surface area contributed by atoms with E-state index in [2.05, 4.69) is 15.5 Å². The van der Waals surface area contributed by atoms with Gasteiger partial charge in [0, 0.05) is 19.7 Å². The third-order valence-electron chi connectivity index (χ3n) is 6.04. The van der Waals surface area contributed by atoms with Crippen molar-refractivity contribution in [2.45, 2.75) is 70.8 Å². The molecule has 1 aromatic heterocycles. The van der Waals surface area contributed by atoms with Gasteiger partial charge in [0.1, 0.15) is 23.0 Å². The quantitative estimate of drug-likeness (QED) is 0.646. The van der Waals surface area contributed by atoms with E-state index in [1.165, 1.54) is 19.3 Å². The monoisotopic (exact) mass is 451 g/mol. The maximum Gasteiger partial charge on any atom is 0.154 e. The highest BCUT2D eigenvalue weighted by molar-refractivity contribution is 5.69. The molecule has 0 spiro atoms. The Morgan fingerprint density at radius 3 is 2.22 bits per heavy atom. The first-order valence-corrected chi connectivity index (χ1v) is 11.3. The predicted octanol–water partition coefficient (Wildman–Crippen LogP) is 5.71. The van der Waals surface area contributed by atoms with Gasteiger partial charge in [-0.3, -0.25) is 0 Å². The lowest BCUT2D eigenvalue weighted by Crippen LogP contribution is -2.18. The zero-order valence-corrected chi connectivity index (χ0v) is 19.2. The van der Waals surface area contributed by atoms with E-state index >= 15 is 0 Å². The number of ether oxygens (including phenoxy) is 2. The summed E-state index contributed by atoms with van der Waals surface area (Å²) in [5.74, 6) is -1.09. The maximum atomic E-state index is 14.6. The molecule has 2 aromatic rings. The largest absolute Gasteiger partial charge is 0.381 e. The van der Waals surface area contributed by atoms with Crippen molar-refractivity contribution >= 4 is 5.82 Å². The molecule has 0 atom stereocenters. The number of nitrogens with zero attached hydrogens (tertiary/aromatic N) is 2. The van der Waals surface area contributed by atoms with E-state index in [1.807, 2.05) is 13.8 Å². The number of methoxy groups -OCH3 is 1. The highest BCUT2D eigenvalue weighted by Gasteiger charge is 2.45. The number of hydrogen-bond donors (Lipinski definition) is 1. The van der Waals surface area contributed by atoms with Crippen LogP contribution < -0.4 is 5.32 Å². The SMILES string of the molecule is CC.CNc1nnc(-c2c(F)cc(C3(F)CC3)cc2F)c2c1COCC2.COC1CCC1. The van der Waals surface area contributed by atoms with Gasteiger partial charge in [-0.15, -0.1) is 10.2 Å². The number of anilines is 1. The van der Waals surface area contributed by atoms with Crippen molar-refractivity contribution < 1.29 is 22.6 Å². The zero-order valence-electron chi connectivity index (χ0n) is 19.2. The number of nitrogens with one attached hydrogen (secondary N) is 1. The molecule has 32 heavy (non-hydrogen) atoms. The lowest BCUT2D eigenvalue weighted by molar-refractivity contribution is 0.0412. The second kappa shape index (κ2) is 10.6.